The van der Waals surface area contributed by atoms with Crippen molar-refractivity contribution in [1.82, 2.24) is 20.5 Å². The fourth-order valence-corrected chi connectivity index (χ4v) is 3.99. The maximum atomic E-state index is 12.5. The first-order valence-electron chi connectivity index (χ1n) is 10.6. The van der Waals surface area contributed by atoms with Crippen molar-refractivity contribution in [1.29, 1.82) is 0 Å². The SMILES string of the molecule is CN=C(NCCCC(=O)N1Cc2ccccc2C1)NCCc1c[nH]c2ccccc12.I. The average molecular weight is 531 g/mol. The molecule has 2 aromatic carbocycles. The molecular weight excluding hydrogens is 501 g/mol. The highest BCUT2D eigenvalue weighted by atomic mass is 127. The fourth-order valence-electron chi connectivity index (χ4n) is 3.99. The minimum Gasteiger partial charge on any atom is -0.361 e. The van der Waals surface area contributed by atoms with Crippen LogP contribution in [0.15, 0.2) is 59.7 Å². The van der Waals surface area contributed by atoms with Crippen molar-refractivity contribution < 1.29 is 4.79 Å². The zero-order valence-electron chi connectivity index (χ0n) is 17.9. The first-order valence-corrected chi connectivity index (χ1v) is 10.6. The van der Waals surface area contributed by atoms with Crippen LogP contribution in [0.2, 0.25) is 0 Å². The number of fused-ring (bicyclic) bond motifs is 2. The van der Waals surface area contributed by atoms with E-state index in [1.54, 1.807) is 7.05 Å². The third kappa shape index (κ3) is 5.78. The van der Waals surface area contributed by atoms with Gasteiger partial charge in [-0.15, -0.1) is 24.0 Å². The first-order chi connectivity index (χ1) is 14.7. The Kier molecular flexibility index (Phi) is 8.34. The molecule has 1 aliphatic rings. The maximum absolute atomic E-state index is 12.5. The summed E-state index contributed by atoms with van der Waals surface area (Å²) in [7, 11) is 1.77. The molecule has 3 aromatic rings. The third-order valence-corrected chi connectivity index (χ3v) is 5.64. The summed E-state index contributed by atoms with van der Waals surface area (Å²) in [4.78, 5) is 22.0. The minimum absolute atomic E-state index is 0. The summed E-state index contributed by atoms with van der Waals surface area (Å²) >= 11 is 0. The van der Waals surface area contributed by atoms with Gasteiger partial charge in [-0.1, -0.05) is 42.5 Å². The summed E-state index contributed by atoms with van der Waals surface area (Å²) < 4.78 is 0. The quantitative estimate of drug-likeness (QED) is 0.188. The lowest BCUT2D eigenvalue weighted by atomic mass is 10.1. The summed E-state index contributed by atoms with van der Waals surface area (Å²) in [5.74, 6) is 0.992. The number of carbonyl (C=O) groups is 1. The lowest BCUT2D eigenvalue weighted by Crippen LogP contribution is -2.39. The number of H-pyrrole nitrogens is 1. The number of aromatic amines is 1. The average Bonchev–Trinajstić information content (AvgIpc) is 3.39. The van der Waals surface area contributed by atoms with Crippen molar-refractivity contribution in [2.75, 3.05) is 20.1 Å². The van der Waals surface area contributed by atoms with Crippen molar-refractivity contribution in [3.05, 3.63) is 71.4 Å². The second kappa shape index (κ2) is 11.2. The van der Waals surface area contributed by atoms with Crippen molar-refractivity contribution >= 4 is 46.7 Å². The molecule has 31 heavy (non-hydrogen) atoms. The molecule has 0 radical (unpaired) electrons. The second-order valence-corrected chi connectivity index (χ2v) is 7.66. The fraction of sp³-hybridized carbons (Fsp3) is 0.333. The molecule has 0 saturated carbocycles. The predicted molar refractivity (Wildman–Crippen MR) is 137 cm³/mol. The molecule has 3 N–H and O–H groups in total. The van der Waals surface area contributed by atoms with E-state index in [2.05, 4.69) is 57.1 Å². The van der Waals surface area contributed by atoms with E-state index >= 15 is 0 Å². The van der Waals surface area contributed by atoms with Crippen molar-refractivity contribution in [2.45, 2.75) is 32.4 Å². The van der Waals surface area contributed by atoms with Gasteiger partial charge in [-0.25, -0.2) is 0 Å². The Labute approximate surface area is 200 Å². The zero-order chi connectivity index (χ0) is 20.8. The molecule has 7 heteroatoms. The van der Waals surface area contributed by atoms with Crippen LogP contribution >= 0.6 is 24.0 Å². The van der Waals surface area contributed by atoms with Gasteiger partial charge in [-0.05, 0) is 35.6 Å². The predicted octanol–water partition coefficient (Wildman–Crippen LogP) is 3.82. The lowest BCUT2D eigenvalue weighted by molar-refractivity contribution is -0.131. The van der Waals surface area contributed by atoms with Crippen LogP contribution in [0.5, 0.6) is 0 Å². The number of benzene rings is 2. The van der Waals surface area contributed by atoms with Crippen LogP contribution in [0.4, 0.5) is 0 Å². The number of nitrogens with one attached hydrogen (secondary N) is 3. The number of aliphatic imine (C=N–C) groups is 1. The van der Waals surface area contributed by atoms with Gasteiger partial charge in [0.05, 0.1) is 0 Å². The summed E-state index contributed by atoms with van der Waals surface area (Å²) in [6.45, 7) is 2.99. The Balaban J connectivity index is 0.00000272. The monoisotopic (exact) mass is 531 g/mol. The number of guanidine groups is 1. The topological polar surface area (TPSA) is 72.5 Å². The maximum Gasteiger partial charge on any atom is 0.223 e. The van der Waals surface area contributed by atoms with Crippen LogP contribution < -0.4 is 10.6 Å². The number of rotatable bonds is 7. The van der Waals surface area contributed by atoms with E-state index in [1.807, 2.05) is 23.1 Å². The molecule has 0 saturated heterocycles. The largest absolute Gasteiger partial charge is 0.361 e. The van der Waals surface area contributed by atoms with Gasteiger partial charge in [-0.2, -0.15) is 0 Å². The molecule has 0 aliphatic carbocycles. The van der Waals surface area contributed by atoms with E-state index in [0.717, 1.165) is 45.0 Å². The van der Waals surface area contributed by atoms with Gasteiger partial charge in [0.1, 0.15) is 0 Å². The van der Waals surface area contributed by atoms with Crippen molar-refractivity contribution in [3.63, 3.8) is 0 Å². The summed E-state index contributed by atoms with van der Waals surface area (Å²) in [5, 5.41) is 7.94. The highest BCUT2D eigenvalue weighted by Crippen LogP contribution is 2.23. The zero-order valence-corrected chi connectivity index (χ0v) is 20.2. The van der Waals surface area contributed by atoms with Crippen LogP contribution in [0.25, 0.3) is 10.9 Å². The molecule has 2 heterocycles. The molecule has 4 rings (SSSR count). The smallest absolute Gasteiger partial charge is 0.223 e. The van der Waals surface area contributed by atoms with E-state index in [1.165, 1.54) is 27.6 Å². The molecule has 1 aliphatic heterocycles. The standard InChI is InChI=1S/C24H29N5O.HI/c1-25-24(27-14-12-18-15-28-22-10-5-4-9-21(18)22)26-13-6-11-23(30)29-16-19-7-2-3-8-20(19)17-29;/h2-5,7-10,15,28H,6,11-14,16-17H2,1H3,(H2,25,26,27);1H. The third-order valence-electron chi connectivity index (χ3n) is 5.64. The highest BCUT2D eigenvalue weighted by Gasteiger charge is 2.22. The number of hydrogen-bond acceptors (Lipinski definition) is 2. The van der Waals surface area contributed by atoms with Crippen molar-refractivity contribution in [3.8, 4) is 0 Å². The number of aromatic nitrogens is 1. The van der Waals surface area contributed by atoms with E-state index in [0.29, 0.717) is 6.42 Å². The summed E-state index contributed by atoms with van der Waals surface area (Å²) in [6, 6.07) is 16.6. The highest BCUT2D eigenvalue weighted by molar-refractivity contribution is 14.0. The Morgan fingerprint density at radius 2 is 1.71 bits per heavy atom. The molecule has 0 bridgehead atoms. The number of amides is 1. The molecule has 0 unspecified atom stereocenters. The van der Waals surface area contributed by atoms with Crippen molar-refractivity contribution in [2.24, 2.45) is 4.99 Å². The molecule has 6 nitrogen and oxygen atoms in total. The van der Waals surface area contributed by atoms with Gasteiger partial charge in [0.15, 0.2) is 5.96 Å². The normalized spacial score (nSPS) is 13.1. The van der Waals surface area contributed by atoms with Gasteiger partial charge in [-0.3, -0.25) is 9.79 Å². The number of carbonyl (C=O) groups excluding carboxylic acids is 1. The second-order valence-electron chi connectivity index (χ2n) is 7.66. The molecule has 0 fully saturated rings. The Hall–Kier alpha value is -2.55. The van der Waals surface area contributed by atoms with Crippen LogP contribution in [0.1, 0.15) is 29.5 Å². The van der Waals surface area contributed by atoms with Crippen LogP contribution in [0.3, 0.4) is 0 Å². The minimum atomic E-state index is 0. The molecule has 0 spiro atoms. The molecular formula is C24H30IN5O. The van der Waals surface area contributed by atoms with E-state index in [-0.39, 0.29) is 29.9 Å². The lowest BCUT2D eigenvalue weighted by Gasteiger charge is -2.16. The molecule has 1 amide bonds. The Bertz CT molecular complexity index is 1020. The van der Waals surface area contributed by atoms with Crippen LogP contribution in [0, 0.1) is 0 Å². The van der Waals surface area contributed by atoms with Gasteiger partial charge in [0, 0.05) is 56.7 Å². The number of para-hydroxylation sites is 1. The number of halogens is 1. The summed E-state index contributed by atoms with van der Waals surface area (Å²) in [6.07, 6.45) is 4.33. The molecule has 0 atom stereocenters. The number of nitrogens with zero attached hydrogens (tertiary/aromatic N) is 2. The van der Waals surface area contributed by atoms with Gasteiger partial charge in [0.25, 0.3) is 0 Å². The van der Waals surface area contributed by atoms with Gasteiger partial charge < -0.3 is 20.5 Å². The van der Waals surface area contributed by atoms with E-state index in [4.69, 9.17) is 0 Å². The van der Waals surface area contributed by atoms with Gasteiger partial charge >= 0.3 is 0 Å². The summed E-state index contributed by atoms with van der Waals surface area (Å²) in [5.41, 5.74) is 5.00. The molecule has 1 aromatic heterocycles. The number of hydrogen-bond donors (Lipinski definition) is 3. The molecule has 164 valence electrons. The van der Waals surface area contributed by atoms with Gasteiger partial charge in [0.2, 0.25) is 5.91 Å². The van der Waals surface area contributed by atoms with Crippen LogP contribution in [-0.4, -0.2) is 41.9 Å². The first kappa shape index (κ1) is 23.1. The van der Waals surface area contributed by atoms with E-state index < -0.39 is 0 Å². The Morgan fingerprint density at radius 3 is 2.45 bits per heavy atom. The van der Waals surface area contributed by atoms with Crippen LogP contribution in [-0.2, 0) is 24.3 Å². The Morgan fingerprint density at radius 1 is 1.03 bits per heavy atom. The van der Waals surface area contributed by atoms with E-state index in [9.17, 15) is 4.79 Å².